The van der Waals surface area contributed by atoms with Gasteiger partial charge in [-0.3, -0.25) is 0 Å². The van der Waals surface area contributed by atoms with E-state index in [0.717, 1.165) is 24.8 Å². The van der Waals surface area contributed by atoms with Gasteiger partial charge >= 0.3 is 0 Å². The average molecular weight is 212 g/mol. The lowest BCUT2D eigenvalue weighted by molar-refractivity contribution is 0.819. The topological polar surface area (TPSA) is 38.9 Å². The van der Waals surface area contributed by atoms with Crippen molar-refractivity contribution in [2.75, 3.05) is 5.73 Å². The highest BCUT2D eigenvalue weighted by molar-refractivity contribution is 5.38. The molecule has 82 valence electrons. The van der Waals surface area contributed by atoms with E-state index in [1.165, 1.54) is 5.56 Å². The van der Waals surface area contributed by atoms with Crippen molar-refractivity contribution in [1.82, 2.24) is 4.98 Å². The first-order valence-corrected chi connectivity index (χ1v) is 5.59. The monoisotopic (exact) mass is 212 g/mol. The molecule has 1 aromatic carbocycles. The second kappa shape index (κ2) is 5.31. The van der Waals surface area contributed by atoms with Gasteiger partial charge in [0, 0.05) is 6.20 Å². The number of hydrogen-bond acceptors (Lipinski definition) is 2. The number of aromatic nitrogens is 1. The van der Waals surface area contributed by atoms with Gasteiger partial charge < -0.3 is 5.73 Å². The Balaban J connectivity index is 1.87. The predicted octanol–water partition coefficient (Wildman–Crippen LogP) is 2.84. The van der Waals surface area contributed by atoms with Gasteiger partial charge in [0.15, 0.2) is 0 Å². The molecular formula is C14H16N2. The van der Waals surface area contributed by atoms with Gasteiger partial charge in [-0.15, -0.1) is 0 Å². The minimum absolute atomic E-state index is 0.663. The first-order chi connectivity index (χ1) is 7.86. The van der Waals surface area contributed by atoms with Crippen molar-refractivity contribution in [3.05, 3.63) is 59.8 Å². The van der Waals surface area contributed by atoms with Crippen LogP contribution in [0.25, 0.3) is 0 Å². The zero-order valence-corrected chi connectivity index (χ0v) is 9.26. The molecule has 0 saturated carbocycles. The average Bonchev–Trinajstić information content (AvgIpc) is 2.33. The quantitative estimate of drug-likeness (QED) is 0.846. The molecule has 0 aliphatic heterocycles. The second-order valence-corrected chi connectivity index (χ2v) is 3.89. The first kappa shape index (κ1) is 10.7. The number of anilines is 1. The molecule has 2 heteroatoms. The van der Waals surface area contributed by atoms with Crippen molar-refractivity contribution >= 4 is 5.82 Å². The van der Waals surface area contributed by atoms with E-state index in [9.17, 15) is 0 Å². The molecular weight excluding hydrogens is 196 g/mol. The van der Waals surface area contributed by atoms with Crippen LogP contribution in [0.2, 0.25) is 0 Å². The van der Waals surface area contributed by atoms with Crippen LogP contribution in [-0.2, 0) is 12.8 Å². The Labute approximate surface area is 96.1 Å². The van der Waals surface area contributed by atoms with Crippen LogP contribution in [0.15, 0.2) is 48.7 Å². The maximum absolute atomic E-state index is 5.79. The summed E-state index contributed by atoms with van der Waals surface area (Å²) in [5.41, 5.74) is 8.32. The number of nitrogens with two attached hydrogens (primary N) is 1. The van der Waals surface area contributed by atoms with Crippen molar-refractivity contribution in [3.8, 4) is 0 Å². The molecule has 16 heavy (non-hydrogen) atoms. The summed E-state index contributed by atoms with van der Waals surface area (Å²) in [4.78, 5) is 4.08. The lowest BCUT2D eigenvalue weighted by Crippen LogP contribution is -1.98. The summed E-state index contributed by atoms with van der Waals surface area (Å²) in [5.74, 6) is 0.663. The lowest BCUT2D eigenvalue weighted by Gasteiger charge is -2.04. The summed E-state index contributed by atoms with van der Waals surface area (Å²) < 4.78 is 0. The third-order valence-corrected chi connectivity index (χ3v) is 2.68. The minimum atomic E-state index is 0.663. The third-order valence-electron chi connectivity index (χ3n) is 2.68. The van der Waals surface area contributed by atoms with E-state index in [-0.39, 0.29) is 0 Å². The molecule has 0 atom stereocenters. The number of aryl methyl sites for hydroxylation is 2. The fourth-order valence-electron chi connectivity index (χ4n) is 1.79. The van der Waals surface area contributed by atoms with Gasteiger partial charge in [0.05, 0.1) is 0 Å². The Kier molecular flexibility index (Phi) is 3.54. The van der Waals surface area contributed by atoms with Gasteiger partial charge in [0.25, 0.3) is 0 Å². The molecule has 2 aromatic rings. The van der Waals surface area contributed by atoms with Crippen LogP contribution in [0.3, 0.4) is 0 Å². The zero-order chi connectivity index (χ0) is 11.2. The Morgan fingerprint density at radius 1 is 0.938 bits per heavy atom. The molecule has 0 amide bonds. The lowest BCUT2D eigenvalue weighted by atomic mass is 10.0. The van der Waals surface area contributed by atoms with Gasteiger partial charge in [-0.2, -0.15) is 0 Å². The molecule has 0 spiro atoms. The van der Waals surface area contributed by atoms with Crippen LogP contribution in [0.5, 0.6) is 0 Å². The van der Waals surface area contributed by atoms with Gasteiger partial charge in [-0.05, 0) is 36.5 Å². The van der Waals surface area contributed by atoms with Crippen LogP contribution < -0.4 is 5.73 Å². The summed E-state index contributed by atoms with van der Waals surface area (Å²) in [6, 6.07) is 14.5. The number of pyridine rings is 1. The van der Waals surface area contributed by atoms with Gasteiger partial charge in [0.2, 0.25) is 0 Å². The summed E-state index contributed by atoms with van der Waals surface area (Å²) in [5, 5.41) is 0. The summed E-state index contributed by atoms with van der Waals surface area (Å²) in [6.45, 7) is 0. The Morgan fingerprint density at radius 3 is 2.50 bits per heavy atom. The van der Waals surface area contributed by atoms with Gasteiger partial charge in [0.1, 0.15) is 5.82 Å². The molecule has 1 aromatic heterocycles. The van der Waals surface area contributed by atoms with Gasteiger partial charge in [-0.25, -0.2) is 4.98 Å². The highest BCUT2D eigenvalue weighted by Crippen LogP contribution is 2.11. The number of nitrogen functional groups attached to an aromatic ring is 1. The number of hydrogen-bond donors (Lipinski definition) is 1. The van der Waals surface area contributed by atoms with E-state index >= 15 is 0 Å². The fraction of sp³-hybridized carbons (Fsp3) is 0.214. The molecule has 1 heterocycles. The maximum atomic E-state index is 5.79. The van der Waals surface area contributed by atoms with Crippen molar-refractivity contribution in [3.63, 3.8) is 0 Å². The van der Waals surface area contributed by atoms with Crippen molar-refractivity contribution in [1.29, 1.82) is 0 Å². The van der Waals surface area contributed by atoms with E-state index in [1.807, 2.05) is 18.2 Å². The van der Waals surface area contributed by atoms with Crippen LogP contribution in [0.1, 0.15) is 17.5 Å². The van der Waals surface area contributed by atoms with E-state index in [1.54, 1.807) is 6.20 Å². The van der Waals surface area contributed by atoms with E-state index in [2.05, 4.69) is 29.2 Å². The number of nitrogens with zero attached hydrogens (tertiary/aromatic N) is 1. The third kappa shape index (κ3) is 2.83. The fourth-order valence-corrected chi connectivity index (χ4v) is 1.79. The Bertz CT molecular complexity index is 437. The van der Waals surface area contributed by atoms with Crippen LogP contribution >= 0.6 is 0 Å². The molecule has 0 fully saturated rings. The summed E-state index contributed by atoms with van der Waals surface area (Å²) in [6.07, 6.45) is 4.93. The smallest absolute Gasteiger partial charge is 0.126 e. The Morgan fingerprint density at radius 2 is 1.75 bits per heavy atom. The molecule has 2 rings (SSSR count). The van der Waals surface area contributed by atoms with Crippen LogP contribution in [-0.4, -0.2) is 4.98 Å². The maximum Gasteiger partial charge on any atom is 0.126 e. The van der Waals surface area contributed by atoms with Crippen LogP contribution in [0.4, 0.5) is 5.82 Å². The molecule has 2 nitrogen and oxygen atoms in total. The molecule has 0 unspecified atom stereocenters. The normalized spacial score (nSPS) is 10.2. The van der Waals surface area contributed by atoms with Crippen molar-refractivity contribution in [2.24, 2.45) is 0 Å². The van der Waals surface area contributed by atoms with Gasteiger partial charge in [-0.1, -0.05) is 36.4 Å². The zero-order valence-electron chi connectivity index (χ0n) is 9.26. The highest BCUT2D eigenvalue weighted by Gasteiger charge is 1.99. The SMILES string of the molecule is Nc1ncccc1CCCc1ccccc1. The van der Waals surface area contributed by atoms with E-state index in [0.29, 0.717) is 5.82 Å². The standard InChI is InChI=1S/C14H16N2/c15-14-13(10-5-11-16-14)9-4-8-12-6-2-1-3-7-12/h1-3,5-7,10-11H,4,8-9H2,(H2,15,16). The number of rotatable bonds is 4. The van der Waals surface area contributed by atoms with E-state index < -0.39 is 0 Å². The van der Waals surface area contributed by atoms with E-state index in [4.69, 9.17) is 5.73 Å². The molecule has 2 N–H and O–H groups in total. The molecule has 0 saturated heterocycles. The van der Waals surface area contributed by atoms with Crippen LogP contribution in [0, 0.1) is 0 Å². The molecule has 0 aliphatic rings. The summed E-state index contributed by atoms with van der Waals surface area (Å²) >= 11 is 0. The first-order valence-electron chi connectivity index (χ1n) is 5.59. The number of benzene rings is 1. The molecule has 0 aliphatic carbocycles. The minimum Gasteiger partial charge on any atom is -0.383 e. The molecule has 0 bridgehead atoms. The summed E-state index contributed by atoms with van der Waals surface area (Å²) in [7, 11) is 0. The van der Waals surface area contributed by atoms with Crippen molar-refractivity contribution in [2.45, 2.75) is 19.3 Å². The highest BCUT2D eigenvalue weighted by atomic mass is 14.8. The predicted molar refractivity (Wildman–Crippen MR) is 67.1 cm³/mol. The Hall–Kier alpha value is -1.83. The molecule has 0 radical (unpaired) electrons. The van der Waals surface area contributed by atoms with Crippen molar-refractivity contribution < 1.29 is 0 Å². The largest absolute Gasteiger partial charge is 0.383 e. The second-order valence-electron chi connectivity index (χ2n) is 3.89.